The van der Waals surface area contributed by atoms with E-state index in [9.17, 15) is 9.59 Å². The van der Waals surface area contributed by atoms with Gasteiger partial charge in [0.25, 0.3) is 0 Å². The van der Waals surface area contributed by atoms with Gasteiger partial charge >= 0.3 is 5.97 Å². The minimum absolute atomic E-state index is 0.0870. The lowest BCUT2D eigenvalue weighted by molar-refractivity contribution is -0.155. The molecule has 0 radical (unpaired) electrons. The highest BCUT2D eigenvalue weighted by molar-refractivity contribution is 5.85. The highest BCUT2D eigenvalue weighted by Crippen LogP contribution is 2.65. The van der Waals surface area contributed by atoms with E-state index < -0.39 is 0 Å². The molecular weight excluding hydrogens is 372 g/mol. The zero-order valence-electron chi connectivity index (χ0n) is 20.0. The maximum Gasteiger partial charge on any atom is 0.305 e. The SMILES string of the molecule is CC[C@@H]1C(=O)C2C(CC[C@@]3(C)C2CC[C@@H]3[C@H](C)CCC(=O)OC)[C@H]2CC[C@@H](C)C[C@@H]12. The van der Waals surface area contributed by atoms with Gasteiger partial charge in [-0.25, -0.2) is 0 Å². The van der Waals surface area contributed by atoms with E-state index in [1.807, 2.05) is 0 Å². The predicted molar refractivity (Wildman–Crippen MR) is 120 cm³/mol. The summed E-state index contributed by atoms with van der Waals surface area (Å²) in [6.07, 6.45) is 11.5. The van der Waals surface area contributed by atoms with E-state index in [1.165, 1.54) is 52.1 Å². The Morgan fingerprint density at radius 2 is 1.90 bits per heavy atom. The molecule has 0 aromatic heterocycles. The second kappa shape index (κ2) is 8.58. The van der Waals surface area contributed by atoms with Crippen molar-refractivity contribution in [2.24, 2.45) is 58.7 Å². The van der Waals surface area contributed by atoms with Gasteiger partial charge in [-0.05, 0) is 98.2 Å². The standard InChI is InChI=1S/C27H44O3/c1-6-18-21-15-16(2)7-9-19(21)20-13-14-27(4)22(17(3)8-12-24(28)30-5)10-11-23(27)25(20)26(18)29/h16-23,25H,6-15H2,1-5H3/t16-,17-,18+,19-,20?,21+,22-,23?,25?,27-/m1/s1. The Morgan fingerprint density at radius 1 is 1.13 bits per heavy atom. The zero-order chi connectivity index (χ0) is 21.6. The van der Waals surface area contributed by atoms with E-state index in [1.54, 1.807) is 0 Å². The third-order valence-corrected chi connectivity index (χ3v) is 10.5. The van der Waals surface area contributed by atoms with Crippen molar-refractivity contribution >= 4 is 11.8 Å². The van der Waals surface area contributed by atoms with Crippen molar-refractivity contribution in [1.29, 1.82) is 0 Å². The van der Waals surface area contributed by atoms with Crippen molar-refractivity contribution in [2.45, 2.75) is 91.9 Å². The number of hydrogen-bond acceptors (Lipinski definition) is 3. The van der Waals surface area contributed by atoms with Gasteiger partial charge in [0, 0.05) is 18.3 Å². The number of carbonyl (C=O) groups excluding carboxylic acids is 2. The molecule has 0 bridgehead atoms. The van der Waals surface area contributed by atoms with Crippen LogP contribution < -0.4 is 0 Å². The number of ether oxygens (including phenoxy) is 1. The number of hydrogen-bond donors (Lipinski definition) is 0. The summed E-state index contributed by atoms with van der Waals surface area (Å²) in [5.74, 6) is 5.85. The lowest BCUT2D eigenvalue weighted by atomic mass is 9.46. The van der Waals surface area contributed by atoms with Crippen LogP contribution in [0.5, 0.6) is 0 Å². The number of ketones is 1. The molecule has 0 saturated heterocycles. The number of esters is 1. The van der Waals surface area contributed by atoms with Crippen LogP contribution in [-0.4, -0.2) is 18.9 Å². The molecule has 0 N–H and O–H groups in total. The summed E-state index contributed by atoms with van der Waals surface area (Å²) in [5, 5.41) is 0. The normalized spacial score (nSPS) is 46.5. The Kier molecular flexibility index (Phi) is 6.39. The molecule has 10 atom stereocenters. The molecular formula is C27H44O3. The highest BCUT2D eigenvalue weighted by Gasteiger charge is 2.61. The molecule has 0 aromatic carbocycles. The third-order valence-electron chi connectivity index (χ3n) is 10.5. The van der Waals surface area contributed by atoms with Gasteiger partial charge in [-0.3, -0.25) is 9.59 Å². The molecule has 0 amide bonds. The highest BCUT2D eigenvalue weighted by atomic mass is 16.5. The van der Waals surface area contributed by atoms with Crippen LogP contribution in [-0.2, 0) is 14.3 Å². The van der Waals surface area contributed by atoms with Gasteiger partial charge < -0.3 is 4.74 Å². The molecule has 3 unspecified atom stereocenters. The van der Waals surface area contributed by atoms with Gasteiger partial charge in [-0.2, -0.15) is 0 Å². The lowest BCUT2D eigenvalue weighted by Crippen LogP contribution is -2.56. The van der Waals surface area contributed by atoms with E-state index in [0.717, 1.165) is 24.7 Å². The molecule has 0 heterocycles. The number of fused-ring (bicyclic) bond motifs is 5. The molecule has 3 nitrogen and oxygen atoms in total. The molecule has 4 fully saturated rings. The summed E-state index contributed by atoms with van der Waals surface area (Å²) in [6, 6.07) is 0. The lowest BCUT2D eigenvalue weighted by Gasteiger charge is -2.57. The Hall–Kier alpha value is -0.860. The molecule has 4 aliphatic carbocycles. The minimum Gasteiger partial charge on any atom is -0.469 e. The fourth-order valence-corrected chi connectivity index (χ4v) is 9.09. The summed E-state index contributed by atoms with van der Waals surface area (Å²) < 4.78 is 4.88. The van der Waals surface area contributed by atoms with E-state index >= 15 is 0 Å². The van der Waals surface area contributed by atoms with Gasteiger partial charge in [0.1, 0.15) is 5.78 Å². The van der Waals surface area contributed by atoms with Gasteiger partial charge in [0.15, 0.2) is 0 Å². The summed E-state index contributed by atoms with van der Waals surface area (Å²) >= 11 is 0. The Labute approximate surface area is 184 Å². The van der Waals surface area contributed by atoms with Crippen LogP contribution in [0.3, 0.4) is 0 Å². The summed E-state index contributed by atoms with van der Waals surface area (Å²) in [7, 11) is 1.49. The zero-order valence-corrected chi connectivity index (χ0v) is 20.0. The number of carbonyl (C=O) groups is 2. The van der Waals surface area contributed by atoms with Crippen LogP contribution in [0.15, 0.2) is 0 Å². The van der Waals surface area contributed by atoms with Gasteiger partial charge in [-0.15, -0.1) is 0 Å². The molecule has 30 heavy (non-hydrogen) atoms. The van der Waals surface area contributed by atoms with Crippen molar-refractivity contribution in [1.82, 2.24) is 0 Å². The Balaban J connectivity index is 1.55. The average Bonchev–Trinajstić information content (AvgIpc) is 3.08. The number of Topliss-reactive ketones (excluding diaryl/α,β-unsaturated/α-hetero) is 1. The van der Waals surface area contributed by atoms with Crippen molar-refractivity contribution in [3.05, 3.63) is 0 Å². The van der Waals surface area contributed by atoms with Gasteiger partial charge in [0.05, 0.1) is 7.11 Å². The Morgan fingerprint density at radius 3 is 2.60 bits per heavy atom. The molecule has 170 valence electrons. The summed E-state index contributed by atoms with van der Waals surface area (Å²) in [5.41, 5.74) is 0.277. The quantitative estimate of drug-likeness (QED) is 0.494. The monoisotopic (exact) mass is 416 g/mol. The maximum atomic E-state index is 13.9. The van der Waals surface area contributed by atoms with Crippen molar-refractivity contribution in [2.75, 3.05) is 7.11 Å². The average molecular weight is 417 g/mol. The minimum atomic E-state index is -0.0870. The van der Waals surface area contributed by atoms with Gasteiger partial charge in [-0.1, -0.05) is 34.1 Å². The number of rotatable bonds is 5. The van der Waals surface area contributed by atoms with Gasteiger partial charge in [0.2, 0.25) is 0 Å². The smallest absolute Gasteiger partial charge is 0.305 e. The fraction of sp³-hybridized carbons (Fsp3) is 0.926. The van der Waals surface area contributed by atoms with Crippen LogP contribution in [0.1, 0.15) is 91.9 Å². The molecule has 0 aliphatic heterocycles. The second-order valence-corrected chi connectivity index (χ2v) is 11.8. The van der Waals surface area contributed by atoms with Crippen LogP contribution in [0.2, 0.25) is 0 Å². The van der Waals surface area contributed by atoms with E-state index in [-0.39, 0.29) is 11.4 Å². The van der Waals surface area contributed by atoms with Crippen molar-refractivity contribution in [3.8, 4) is 0 Å². The second-order valence-electron chi connectivity index (χ2n) is 11.8. The molecule has 3 heteroatoms. The van der Waals surface area contributed by atoms with E-state index in [0.29, 0.717) is 53.6 Å². The fourth-order valence-electron chi connectivity index (χ4n) is 9.09. The van der Waals surface area contributed by atoms with Crippen LogP contribution in [0.4, 0.5) is 0 Å². The largest absolute Gasteiger partial charge is 0.469 e. The summed E-state index contributed by atoms with van der Waals surface area (Å²) in [4.78, 5) is 25.6. The maximum absolute atomic E-state index is 13.9. The van der Waals surface area contributed by atoms with Crippen LogP contribution >= 0.6 is 0 Å². The third kappa shape index (κ3) is 3.56. The number of methoxy groups -OCH3 is 1. The first kappa shape index (κ1) is 22.3. The Bertz CT molecular complexity index is 656. The molecule has 4 rings (SSSR count). The topological polar surface area (TPSA) is 43.4 Å². The predicted octanol–water partition coefficient (Wildman–Crippen LogP) is 6.30. The molecule has 4 saturated carbocycles. The molecule has 4 aliphatic rings. The van der Waals surface area contributed by atoms with E-state index in [2.05, 4.69) is 27.7 Å². The van der Waals surface area contributed by atoms with E-state index in [4.69, 9.17) is 4.74 Å². The summed E-state index contributed by atoms with van der Waals surface area (Å²) in [6.45, 7) is 9.50. The van der Waals surface area contributed by atoms with Crippen LogP contribution in [0, 0.1) is 58.7 Å². The first-order valence-corrected chi connectivity index (χ1v) is 12.9. The molecule has 0 spiro atoms. The first-order chi connectivity index (χ1) is 14.3. The van der Waals surface area contributed by atoms with Crippen LogP contribution in [0.25, 0.3) is 0 Å². The first-order valence-electron chi connectivity index (χ1n) is 12.9. The van der Waals surface area contributed by atoms with Crippen molar-refractivity contribution in [3.63, 3.8) is 0 Å². The molecule has 0 aromatic rings. The van der Waals surface area contributed by atoms with Crippen molar-refractivity contribution < 1.29 is 14.3 Å².